The summed E-state index contributed by atoms with van der Waals surface area (Å²) in [4.78, 5) is 9.48. The second kappa shape index (κ2) is 8.53. The van der Waals surface area contributed by atoms with Gasteiger partial charge in [0.1, 0.15) is 12.1 Å². The minimum atomic E-state index is -4.80. The molecule has 0 atom stereocenters. The molecule has 1 aliphatic rings. The Hall–Kier alpha value is -3.65. The Balaban J connectivity index is 1.40. The van der Waals surface area contributed by atoms with Crippen molar-refractivity contribution < 1.29 is 26.0 Å². The lowest BCUT2D eigenvalue weighted by atomic mass is 10.2. The first-order valence-corrected chi connectivity index (χ1v) is 11.8. The Kier molecular flexibility index (Phi) is 5.63. The van der Waals surface area contributed by atoms with E-state index in [1.54, 1.807) is 4.90 Å². The number of piperazine rings is 1. The molecule has 0 bridgehead atoms. The van der Waals surface area contributed by atoms with E-state index in [2.05, 4.69) is 20.3 Å². The van der Waals surface area contributed by atoms with E-state index in [4.69, 9.17) is 0 Å². The summed E-state index contributed by atoms with van der Waals surface area (Å²) in [7, 11) is -4.37. The molecule has 1 aliphatic heterocycles. The normalized spacial score (nSPS) is 15.6. The number of hydrogen-bond donors (Lipinski definition) is 0. The molecule has 0 radical (unpaired) electrons. The van der Waals surface area contributed by atoms with Gasteiger partial charge in [0.25, 0.3) is 0 Å². The average molecular weight is 507 g/mol. The van der Waals surface area contributed by atoms with Crippen molar-refractivity contribution in [2.75, 3.05) is 31.1 Å². The number of alkyl halides is 3. The van der Waals surface area contributed by atoms with Crippen LogP contribution in [0.2, 0.25) is 0 Å². The molecule has 1 saturated heterocycles. The van der Waals surface area contributed by atoms with E-state index >= 15 is 0 Å². The summed E-state index contributed by atoms with van der Waals surface area (Å²) in [5.41, 5.74) is 0.0708. The number of rotatable bonds is 4. The monoisotopic (exact) mass is 507 g/mol. The van der Waals surface area contributed by atoms with Crippen LogP contribution in [0.1, 0.15) is 5.56 Å². The molecular weight excluding hydrogens is 490 g/mol. The quantitative estimate of drug-likeness (QED) is 0.392. The van der Waals surface area contributed by atoms with Crippen molar-refractivity contribution in [1.82, 2.24) is 29.3 Å². The highest BCUT2D eigenvalue weighted by molar-refractivity contribution is 7.89. The van der Waals surface area contributed by atoms with Gasteiger partial charge >= 0.3 is 6.18 Å². The molecule has 0 spiro atoms. The SMILES string of the molecule is O=S(=O)(c1ccccc1C(F)(F)F)N1CCN(c2ncnc3c2nnn3-c2ccc(F)cc2)CC1. The van der Waals surface area contributed by atoms with Crippen LogP contribution in [0, 0.1) is 5.82 Å². The summed E-state index contributed by atoms with van der Waals surface area (Å²) in [5.74, 6) is 0.00951. The number of halogens is 4. The summed E-state index contributed by atoms with van der Waals surface area (Å²) in [6.07, 6.45) is -3.49. The van der Waals surface area contributed by atoms with Crippen LogP contribution in [0.15, 0.2) is 59.8 Å². The van der Waals surface area contributed by atoms with E-state index in [0.717, 1.165) is 22.5 Å². The lowest BCUT2D eigenvalue weighted by Gasteiger charge is -2.34. The van der Waals surface area contributed by atoms with Gasteiger partial charge in [-0.2, -0.15) is 22.2 Å². The molecule has 9 nitrogen and oxygen atoms in total. The Morgan fingerprint density at radius 2 is 1.57 bits per heavy atom. The first-order chi connectivity index (χ1) is 16.7. The molecule has 2 aromatic heterocycles. The van der Waals surface area contributed by atoms with Crippen molar-refractivity contribution >= 4 is 27.0 Å². The van der Waals surface area contributed by atoms with Crippen molar-refractivity contribution in [1.29, 1.82) is 0 Å². The van der Waals surface area contributed by atoms with Crippen LogP contribution in [0.5, 0.6) is 0 Å². The van der Waals surface area contributed by atoms with Crippen LogP contribution >= 0.6 is 0 Å². The fraction of sp³-hybridized carbons (Fsp3) is 0.238. The summed E-state index contributed by atoms with van der Waals surface area (Å²) in [6.45, 7) is 0.240. The minimum Gasteiger partial charge on any atom is -0.352 e. The topological polar surface area (TPSA) is 97.1 Å². The highest BCUT2D eigenvalue weighted by atomic mass is 32.2. The van der Waals surface area contributed by atoms with Crippen molar-refractivity contribution in [2.45, 2.75) is 11.1 Å². The van der Waals surface area contributed by atoms with Gasteiger partial charge in [0, 0.05) is 26.2 Å². The summed E-state index contributed by atoms with van der Waals surface area (Å²) in [6, 6.07) is 9.74. The fourth-order valence-electron chi connectivity index (χ4n) is 3.93. The summed E-state index contributed by atoms with van der Waals surface area (Å²) in [5, 5.41) is 8.22. The third kappa shape index (κ3) is 4.18. The predicted molar refractivity (Wildman–Crippen MR) is 117 cm³/mol. The van der Waals surface area contributed by atoms with Crippen molar-refractivity contribution in [3.05, 3.63) is 66.2 Å². The van der Waals surface area contributed by atoms with Gasteiger partial charge in [0.05, 0.1) is 16.1 Å². The van der Waals surface area contributed by atoms with Gasteiger partial charge in [-0.1, -0.05) is 17.3 Å². The second-order valence-electron chi connectivity index (χ2n) is 7.73. The highest BCUT2D eigenvalue weighted by Gasteiger charge is 2.39. The third-order valence-corrected chi connectivity index (χ3v) is 7.59. The van der Waals surface area contributed by atoms with Gasteiger partial charge in [-0.3, -0.25) is 0 Å². The highest BCUT2D eigenvalue weighted by Crippen LogP contribution is 2.35. The molecule has 4 aromatic rings. The second-order valence-corrected chi connectivity index (χ2v) is 9.64. The molecule has 0 unspecified atom stereocenters. The van der Waals surface area contributed by atoms with Crippen LogP contribution in [-0.2, 0) is 16.2 Å². The van der Waals surface area contributed by atoms with Crippen LogP contribution in [0.3, 0.4) is 0 Å². The number of benzene rings is 2. The van der Waals surface area contributed by atoms with Gasteiger partial charge in [0.15, 0.2) is 17.0 Å². The number of aromatic nitrogens is 5. The number of nitrogens with zero attached hydrogens (tertiary/aromatic N) is 7. The molecule has 0 N–H and O–H groups in total. The zero-order chi connectivity index (χ0) is 24.8. The number of hydrogen-bond acceptors (Lipinski definition) is 7. The van der Waals surface area contributed by atoms with E-state index in [0.29, 0.717) is 22.7 Å². The molecule has 2 aromatic carbocycles. The Bertz CT molecular complexity index is 1480. The average Bonchev–Trinajstić information content (AvgIpc) is 3.28. The van der Waals surface area contributed by atoms with Crippen LogP contribution < -0.4 is 4.90 Å². The first-order valence-electron chi connectivity index (χ1n) is 10.4. The maximum atomic E-state index is 13.4. The largest absolute Gasteiger partial charge is 0.417 e. The Labute approximate surface area is 196 Å². The lowest BCUT2D eigenvalue weighted by molar-refractivity contribution is -0.139. The maximum absolute atomic E-state index is 13.4. The Morgan fingerprint density at radius 1 is 0.886 bits per heavy atom. The smallest absolute Gasteiger partial charge is 0.352 e. The van der Waals surface area contributed by atoms with Gasteiger partial charge in [-0.15, -0.1) is 5.10 Å². The first kappa shape index (κ1) is 23.1. The van der Waals surface area contributed by atoms with E-state index < -0.39 is 32.5 Å². The number of sulfonamides is 1. The standard InChI is InChI=1S/C21H17F4N7O2S/c22-14-5-7-15(8-6-14)32-20-18(28-29-32)19(26-13-27-20)30-9-11-31(12-10-30)35(33,34)17-4-2-1-3-16(17)21(23,24)25/h1-8,13H,9-12H2. The molecule has 0 aliphatic carbocycles. The van der Waals surface area contributed by atoms with Gasteiger partial charge < -0.3 is 4.90 Å². The molecule has 3 heterocycles. The predicted octanol–water partition coefficient (Wildman–Crippen LogP) is 2.88. The van der Waals surface area contributed by atoms with Crippen LogP contribution in [0.4, 0.5) is 23.4 Å². The lowest BCUT2D eigenvalue weighted by Crippen LogP contribution is -2.49. The van der Waals surface area contributed by atoms with Gasteiger partial charge in [-0.25, -0.2) is 22.8 Å². The molecule has 182 valence electrons. The molecule has 35 heavy (non-hydrogen) atoms. The van der Waals surface area contributed by atoms with Crippen molar-refractivity contribution in [2.24, 2.45) is 0 Å². The molecule has 0 saturated carbocycles. The van der Waals surface area contributed by atoms with Crippen molar-refractivity contribution in [3.8, 4) is 5.69 Å². The van der Waals surface area contributed by atoms with E-state index in [9.17, 15) is 26.0 Å². The zero-order valence-electron chi connectivity index (χ0n) is 17.9. The third-order valence-electron chi connectivity index (χ3n) is 5.64. The molecular formula is C21H17F4N7O2S. The van der Waals surface area contributed by atoms with Crippen LogP contribution in [-0.4, -0.2) is 63.9 Å². The molecule has 0 amide bonds. The van der Waals surface area contributed by atoms with E-state index in [1.165, 1.54) is 41.3 Å². The van der Waals surface area contributed by atoms with Crippen molar-refractivity contribution in [3.63, 3.8) is 0 Å². The zero-order valence-corrected chi connectivity index (χ0v) is 18.7. The molecule has 5 rings (SSSR count). The number of anilines is 1. The van der Waals surface area contributed by atoms with E-state index in [-0.39, 0.29) is 26.2 Å². The summed E-state index contributed by atoms with van der Waals surface area (Å²) >= 11 is 0. The van der Waals surface area contributed by atoms with Gasteiger partial charge in [0.2, 0.25) is 10.0 Å². The van der Waals surface area contributed by atoms with Crippen LogP contribution in [0.25, 0.3) is 16.9 Å². The maximum Gasteiger partial charge on any atom is 0.417 e. The fourth-order valence-corrected chi connectivity index (χ4v) is 5.56. The summed E-state index contributed by atoms with van der Waals surface area (Å²) < 4.78 is 81.9. The molecule has 14 heteroatoms. The van der Waals surface area contributed by atoms with Gasteiger partial charge in [-0.05, 0) is 36.4 Å². The molecule has 1 fully saturated rings. The van der Waals surface area contributed by atoms with E-state index in [1.807, 2.05) is 0 Å². The Morgan fingerprint density at radius 3 is 2.26 bits per heavy atom. The minimum absolute atomic E-state index is 0.0495. The number of fused-ring (bicyclic) bond motifs is 1.